The highest BCUT2D eigenvalue weighted by Crippen LogP contribution is 2.36. The molecule has 1 heterocycles. The second kappa shape index (κ2) is 8.96. The number of phosphoric ester groups is 1. The molecule has 10 nitrogen and oxygen atoms in total. The van der Waals surface area contributed by atoms with Gasteiger partial charge in [0.2, 0.25) is 0 Å². The topological polar surface area (TPSA) is 159 Å². The monoisotopic (exact) mass is 424 g/mol. The number of anilines is 1. The summed E-state index contributed by atoms with van der Waals surface area (Å²) >= 11 is 0. The lowest BCUT2D eigenvalue weighted by molar-refractivity contribution is 0.189. The van der Waals surface area contributed by atoms with E-state index in [9.17, 15) is 4.57 Å². The standard InChI is InChI=1S/C16H17N6O4P.ClH/c17-16(18)19-13-3-1-2-12(8-13)15-9-22(21-20-15)14-6-4-11(5-7-14)10-26-27(23,24)25;/h1-9H,10H2,(H4,17,18,19)(H2,23,24,25);1H. The first-order valence-corrected chi connectivity index (χ1v) is 9.26. The first kappa shape index (κ1) is 21.5. The van der Waals surface area contributed by atoms with Gasteiger partial charge in [-0.25, -0.2) is 9.25 Å². The number of phosphoric acid groups is 1. The molecule has 2 aromatic carbocycles. The molecule has 0 aliphatic heterocycles. The molecular weight excluding hydrogens is 407 g/mol. The smallest absolute Gasteiger partial charge is 0.370 e. The average molecular weight is 425 g/mol. The van der Waals surface area contributed by atoms with Gasteiger partial charge >= 0.3 is 7.82 Å². The Morgan fingerprint density at radius 1 is 1.25 bits per heavy atom. The molecule has 3 aromatic rings. The lowest BCUT2D eigenvalue weighted by Crippen LogP contribution is -2.20. The number of nitrogens with two attached hydrogens (primary N) is 1. The van der Waals surface area contributed by atoms with E-state index in [4.69, 9.17) is 20.9 Å². The number of guanidine groups is 1. The van der Waals surface area contributed by atoms with Crippen LogP contribution in [0.25, 0.3) is 16.9 Å². The Morgan fingerprint density at radius 2 is 1.96 bits per heavy atom. The van der Waals surface area contributed by atoms with Gasteiger partial charge in [-0.3, -0.25) is 9.93 Å². The van der Waals surface area contributed by atoms with Gasteiger partial charge in [-0.05, 0) is 29.8 Å². The Kier molecular flexibility index (Phi) is 6.90. The first-order valence-electron chi connectivity index (χ1n) is 7.73. The predicted octanol–water partition coefficient (Wildman–Crippen LogP) is 2.27. The van der Waals surface area contributed by atoms with Crippen molar-refractivity contribution < 1.29 is 18.9 Å². The molecule has 0 bridgehead atoms. The highest BCUT2D eigenvalue weighted by Gasteiger charge is 2.13. The van der Waals surface area contributed by atoms with Crippen LogP contribution in [0.3, 0.4) is 0 Å². The maximum absolute atomic E-state index is 10.7. The summed E-state index contributed by atoms with van der Waals surface area (Å²) in [5.41, 5.74) is 8.79. The van der Waals surface area contributed by atoms with Crippen LogP contribution in [0.15, 0.2) is 54.7 Å². The van der Waals surface area contributed by atoms with Crippen molar-refractivity contribution in [3.63, 3.8) is 0 Å². The Bertz CT molecular complexity index is 1000. The number of rotatable bonds is 6. The van der Waals surface area contributed by atoms with Crippen LogP contribution in [0, 0.1) is 5.41 Å². The minimum absolute atomic E-state index is 0. The fraction of sp³-hybridized carbons (Fsp3) is 0.0625. The third-order valence-corrected chi connectivity index (χ3v) is 4.00. The molecule has 0 radical (unpaired) electrons. The average Bonchev–Trinajstić information content (AvgIpc) is 3.10. The number of aromatic nitrogens is 3. The summed E-state index contributed by atoms with van der Waals surface area (Å²) in [4.78, 5) is 17.5. The van der Waals surface area contributed by atoms with Crippen molar-refractivity contribution in [2.24, 2.45) is 5.73 Å². The fourth-order valence-electron chi connectivity index (χ4n) is 2.34. The molecule has 0 atom stereocenters. The SMILES string of the molecule is Cl.N=C(N)Nc1cccc(-c2cn(-c3ccc(COP(=O)(O)O)cc3)nn2)c1. The largest absolute Gasteiger partial charge is 0.469 e. The van der Waals surface area contributed by atoms with E-state index in [0.29, 0.717) is 16.9 Å². The number of nitrogens with zero attached hydrogens (tertiary/aromatic N) is 3. The summed E-state index contributed by atoms with van der Waals surface area (Å²) in [7, 11) is -4.50. The summed E-state index contributed by atoms with van der Waals surface area (Å²) in [5.74, 6) is -0.154. The maximum atomic E-state index is 10.7. The molecule has 0 aliphatic carbocycles. The maximum Gasteiger partial charge on any atom is 0.469 e. The summed E-state index contributed by atoms with van der Waals surface area (Å²) in [6, 6.07) is 14.1. The van der Waals surface area contributed by atoms with Crippen molar-refractivity contribution in [3.05, 3.63) is 60.3 Å². The third kappa shape index (κ3) is 5.88. The Balaban J connectivity index is 0.00000280. The molecule has 0 saturated heterocycles. The number of benzene rings is 2. The van der Waals surface area contributed by atoms with Gasteiger partial charge in [0, 0.05) is 11.3 Å². The quantitative estimate of drug-likeness (QED) is 0.229. The number of halogens is 1. The minimum Gasteiger partial charge on any atom is -0.370 e. The van der Waals surface area contributed by atoms with Gasteiger partial charge in [0.05, 0.1) is 18.5 Å². The molecule has 6 N–H and O–H groups in total. The van der Waals surface area contributed by atoms with E-state index >= 15 is 0 Å². The Labute approximate surface area is 166 Å². The van der Waals surface area contributed by atoms with Crippen molar-refractivity contribution in [1.82, 2.24) is 15.0 Å². The van der Waals surface area contributed by atoms with Crippen molar-refractivity contribution in [1.29, 1.82) is 5.41 Å². The molecule has 3 rings (SSSR count). The van der Waals surface area contributed by atoms with E-state index in [1.165, 1.54) is 0 Å². The zero-order valence-electron chi connectivity index (χ0n) is 14.4. The normalized spacial score (nSPS) is 10.9. The van der Waals surface area contributed by atoms with Gasteiger partial charge in [-0.1, -0.05) is 29.5 Å². The molecule has 28 heavy (non-hydrogen) atoms. The van der Waals surface area contributed by atoms with Crippen LogP contribution < -0.4 is 11.1 Å². The van der Waals surface area contributed by atoms with Crippen LogP contribution >= 0.6 is 20.2 Å². The molecule has 0 fully saturated rings. The van der Waals surface area contributed by atoms with E-state index in [0.717, 1.165) is 11.3 Å². The van der Waals surface area contributed by atoms with Gasteiger partial charge in [0.15, 0.2) is 5.96 Å². The zero-order valence-corrected chi connectivity index (χ0v) is 16.1. The van der Waals surface area contributed by atoms with Crippen LogP contribution in [0.1, 0.15) is 5.56 Å². The van der Waals surface area contributed by atoms with Crippen LogP contribution in [0.2, 0.25) is 0 Å². The molecule has 0 unspecified atom stereocenters. The van der Waals surface area contributed by atoms with E-state index in [-0.39, 0.29) is 25.0 Å². The number of hydrogen-bond donors (Lipinski definition) is 5. The van der Waals surface area contributed by atoms with E-state index in [1.807, 2.05) is 12.1 Å². The van der Waals surface area contributed by atoms with Crippen LogP contribution in [-0.2, 0) is 15.7 Å². The van der Waals surface area contributed by atoms with E-state index in [1.54, 1.807) is 47.3 Å². The van der Waals surface area contributed by atoms with Crippen molar-refractivity contribution in [2.75, 3.05) is 5.32 Å². The summed E-state index contributed by atoms with van der Waals surface area (Å²) in [6.07, 6.45) is 1.74. The molecule has 0 aliphatic rings. The molecule has 1 aromatic heterocycles. The van der Waals surface area contributed by atoms with Crippen molar-refractivity contribution >= 4 is 31.9 Å². The predicted molar refractivity (Wildman–Crippen MR) is 106 cm³/mol. The van der Waals surface area contributed by atoms with Crippen LogP contribution in [0.5, 0.6) is 0 Å². The highest BCUT2D eigenvalue weighted by molar-refractivity contribution is 7.46. The second-order valence-electron chi connectivity index (χ2n) is 5.60. The summed E-state index contributed by atoms with van der Waals surface area (Å²) in [5, 5.41) is 18.2. The van der Waals surface area contributed by atoms with Gasteiger partial charge in [-0.15, -0.1) is 17.5 Å². The molecule has 0 spiro atoms. The molecule has 12 heteroatoms. The highest BCUT2D eigenvalue weighted by atomic mass is 35.5. The third-order valence-electron chi connectivity index (χ3n) is 3.53. The molecular formula is C16H18ClN6O4P. The van der Waals surface area contributed by atoms with Crippen LogP contribution in [0.4, 0.5) is 5.69 Å². The van der Waals surface area contributed by atoms with Gasteiger partial charge in [-0.2, -0.15) is 0 Å². The Morgan fingerprint density at radius 3 is 2.61 bits per heavy atom. The molecule has 148 valence electrons. The lowest BCUT2D eigenvalue weighted by atomic mass is 10.1. The van der Waals surface area contributed by atoms with Crippen molar-refractivity contribution in [2.45, 2.75) is 6.61 Å². The fourth-order valence-corrected chi connectivity index (χ4v) is 2.65. The molecule has 0 amide bonds. The van der Waals surface area contributed by atoms with Crippen molar-refractivity contribution in [3.8, 4) is 16.9 Å². The van der Waals surface area contributed by atoms with Gasteiger partial charge < -0.3 is 20.8 Å². The van der Waals surface area contributed by atoms with Gasteiger partial charge in [0.1, 0.15) is 5.69 Å². The number of nitrogens with one attached hydrogen (secondary N) is 2. The first-order chi connectivity index (χ1) is 12.8. The van der Waals surface area contributed by atoms with E-state index < -0.39 is 7.82 Å². The second-order valence-corrected chi connectivity index (χ2v) is 6.84. The van der Waals surface area contributed by atoms with Gasteiger partial charge in [0.25, 0.3) is 0 Å². The van der Waals surface area contributed by atoms with E-state index in [2.05, 4.69) is 20.2 Å². The summed E-state index contributed by atoms with van der Waals surface area (Å²) < 4.78 is 16.8. The Hall–Kier alpha value is -2.75. The summed E-state index contributed by atoms with van der Waals surface area (Å²) in [6.45, 7) is -0.191. The zero-order chi connectivity index (χ0) is 19.4. The molecule has 0 saturated carbocycles. The lowest BCUT2D eigenvalue weighted by Gasteiger charge is -2.06. The number of hydrogen-bond acceptors (Lipinski definition) is 5. The minimum atomic E-state index is -4.50. The van der Waals surface area contributed by atoms with Crippen LogP contribution in [-0.4, -0.2) is 30.7 Å².